The van der Waals surface area contributed by atoms with E-state index in [1.165, 1.54) is 9.31 Å². The number of aromatic amines is 1. The van der Waals surface area contributed by atoms with Crippen LogP contribution in [0.15, 0.2) is 40.9 Å². The van der Waals surface area contributed by atoms with Gasteiger partial charge in [0.25, 0.3) is 10.0 Å². The molecule has 1 aromatic heterocycles. The predicted molar refractivity (Wildman–Crippen MR) is 119 cm³/mol. The first-order chi connectivity index (χ1) is 15.2. The minimum absolute atomic E-state index is 0.0723. The second-order valence-electron chi connectivity index (χ2n) is 8.16. The summed E-state index contributed by atoms with van der Waals surface area (Å²) in [5, 5.41) is 2.95. The summed E-state index contributed by atoms with van der Waals surface area (Å²) in [4.78, 5) is 19.7. The van der Waals surface area contributed by atoms with Gasteiger partial charge in [-0.2, -0.15) is 4.31 Å². The number of nitrogens with zero attached hydrogens (tertiary/aromatic N) is 4. The van der Waals surface area contributed by atoms with Crippen molar-refractivity contribution in [2.24, 2.45) is 0 Å². The van der Waals surface area contributed by atoms with Crippen LogP contribution in [0.4, 0.5) is 4.79 Å². The number of hydrogen-bond donors (Lipinski definition) is 2. The minimum Gasteiger partial charge on any atom is -0.453 e. The molecule has 2 N–H and O–H groups in total. The third-order valence-electron chi connectivity index (χ3n) is 6.25. The molecule has 0 saturated carbocycles. The van der Waals surface area contributed by atoms with Crippen LogP contribution in [0, 0.1) is 0 Å². The van der Waals surface area contributed by atoms with E-state index in [-0.39, 0.29) is 30.4 Å². The molecule has 1 saturated heterocycles. The number of H-pyrrole nitrogens is 1. The van der Waals surface area contributed by atoms with Crippen molar-refractivity contribution in [1.82, 2.24) is 29.5 Å². The number of rotatable bonds is 2. The van der Waals surface area contributed by atoms with Crippen molar-refractivity contribution in [1.29, 1.82) is 0 Å². The number of ether oxygens (including phenoxy) is 1. The van der Waals surface area contributed by atoms with Crippen LogP contribution in [-0.4, -0.2) is 84.5 Å². The molecule has 3 aliphatic heterocycles. The Morgan fingerprint density at radius 2 is 1.91 bits per heavy atom. The summed E-state index contributed by atoms with van der Waals surface area (Å²) in [6.07, 6.45) is 0.630. The summed E-state index contributed by atoms with van der Waals surface area (Å²) >= 11 is 6.01. The van der Waals surface area contributed by atoms with Crippen LogP contribution >= 0.6 is 11.6 Å². The first kappa shape index (κ1) is 21.2. The Morgan fingerprint density at radius 3 is 2.66 bits per heavy atom. The van der Waals surface area contributed by atoms with Gasteiger partial charge < -0.3 is 19.5 Å². The van der Waals surface area contributed by atoms with Gasteiger partial charge in [0, 0.05) is 62.1 Å². The van der Waals surface area contributed by atoms with Gasteiger partial charge in [-0.15, -0.1) is 0 Å². The van der Waals surface area contributed by atoms with E-state index in [9.17, 15) is 13.2 Å². The van der Waals surface area contributed by atoms with E-state index >= 15 is 0 Å². The monoisotopic (exact) mass is 480 g/mol. The SMILES string of the molecule is CC1OC2=C(CCN(C(=O)N3CCN(S(=O)(=O)c4cc5cc(Cl)ccc5[nH]4)CC3)N2)N1C. The van der Waals surface area contributed by atoms with Gasteiger partial charge in [-0.05, 0) is 31.2 Å². The van der Waals surface area contributed by atoms with E-state index in [4.69, 9.17) is 16.3 Å². The van der Waals surface area contributed by atoms with E-state index in [0.29, 0.717) is 42.5 Å². The summed E-state index contributed by atoms with van der Waals surface area (Å²) in [5.74, 6) is 0.611. The number of sulfonamides is 1. The summed E-state index contributed by atoms with van der Waals surface area (Å²) in [6.45, 7) is 3.54. The lowest BCUT2D eigenvalue weighted by molar-refractivity contribution is 0.0466. The van der Waals surface area contributed by atoms with Gasteiger partial charge in [-0.1, -0.05) is 11.6 Å². The van der Waals surface area contributed by atoms with Crippen molar-refractivity contribution in [3.63, 3.8) is 0 Å². The molecule has 10 nitrogen and oxygen atoms in total. The molecule has 3 aliphatic rings. The molecule has 2 amide bonds. The first-order valence-corrected chi connectivity index (χ1v) is 12.3. The number of halogens is 1. The number of fused-ring (bicyclic) bond motifs is 1. The number of nitrogens with one attached hydrogen (secondary N) is 2. The fourth-order valence-corrected chi connectivity index (χ4v) is 5.88. The maximum Gasteiger partial charge on any atom is 0.338 e. The fraction of sp³-hybridized carbons (Fsp3) is 0.450. The zero-order valence-corrected chi connectivity index (χ0v) is 19.4. The minimum atomic E-state index is -3.70. The second kappa shape index (κ2) is 7.75. The fourth-order valence-electron chi connectivity index (χ4n) is 4.26. The number of hydrogen-bond acceptors (Lipinski definition) is 6. The van der Waals surface area contributed by atoms with Gasteiger partial charge in [0.05, 0.1) is 5.70 Å². The van der Waals surface area contributed by atoms with Crippen molar-refractivity contribution >= 4 is 38.6 Å². The Hall–Kier alpha value is -2.63. The lowest BCUT2D eigenvalue weighted by Crippen LogP contribution is -2.57. The molecule has 1 atom stereocenters. The maximum absolute atomic E-state index is 13.1. The zero-order valence-electron chi connectivity index (χ0n) is 17.8. The average molecular weight is 481 g/mol. The lowest BCUT2D eigenvalue weighted by atomic mass is 10.2. The molecule has 12 heteroatoms. The van der Waals surface area contributed by atoms with Crippen LogP contribution in [-0.2, 0) is 14.8 Å². The summed E-state index contributed by atoms with van der Waals surface area (Å²) in [5.41, 5.74) is 4.83. The normalized spacial score (nSPS) is 22.2. The zero-order chi connectivity index (χ0) is 22.6. The highest BCUT2D eigenvalue weighted by atomic mass is 35.5. The van der Waals surface area contributed by atoms with Crippen LogP contribution in [0.2, 0.25) is 5.02 Å². The molecule has 2 aromatic rings. The number of aromatic nitrogens is 1. The highest BCUT2D eigenvalue weighted by molar-refractivity contribution is 7.89. The quantitative estimate of drug-likeness (QED) is 0.681. The molecule has 5 rings (SSSR count). The molecular weight excluding hydrogens is 456 g/mol. The number of hydrazine groups is 1. The second-order valence-corrected chi connectivity index (χ2v) is 10.5. The van der Waals surface area contributed by atoms with E-state index in [2.05, 4.69) is 10.4 Å². The molecule has 0 aliphatic carbocycles. The Kier molecular flexibility index (Phi) is 5.14. The predicted octanol–water partition coefficient (Wildman–Crippen LogP) is 1.94. The van der Waals surface area contributed by atoms with E-state index in [1.807, 2.05) is 18.9 Å². The van der Waals surface area contributed by atoms with Crippen LogP contribution < -0.4 is 5.43 Å². The van der Waals surface area contributed by atoms with Crippen molar-refractivity contribution in [3.05, 3.63) is 40.9 Å². The number of benzene rings is 1. The van der Waals surface area contributed by atoms with E-state index in [1.54, 1.807) is 29.2 Å². The van der Waals surface area contributed by atoms with Gasteiger partial charge in [0.15, 0.2) is 6.23 Å². The molecule has 32 heavy (non-hydrogen) atoms. The van der Waals surface area contributed by atoms with Gasteiger partial charge in [0.1, 0.15) is 5.03 Å². The molecule has 1 fully saturated rings. The Balaban J connectivity index is 1.24. The van der Waals surface area contributed by atoms with Crippen molar-refractivity contribution in [2.45, 2.75) is 24.6 Å². The van der Waals surface area contributed by atoms with Crippen molar-refractivity contribution < 1.29 is 17.9 Å². The van der Waals surface area contributed by atoms with Crippen LogP contribution in [0.1, 0.15) is 13.3 Å². The van der Waals surface area contributed by atoms with E-state index < -0.39 is 10.0 Å². The largest absolute Gasteiger partial charge is 0.453 e. The third-order valence-corrected chi connectivity index (χ3v) is 8.30. The van der Waals surface area contributed by atoms with Gasteiger partial charge in [-0.25, -0.2) is 18.2 Å². The molecule has 172 valence electrons. The smallest absolute Gasteiger partial charge is 0.338 e. The van der Waals surface area contributed by atoms with Crippen molar-refractivity contribution in [2.75, 3.05) is 39.8 Å². The standard InChI is InChI=1S/C20H25ClN6O4S/c1-13-24(2)17-5-6-27(23-19(17)31-13)20(28)25-7-9-26(10-8-25)32(29,30)18-12-14-11-15(21)3-4-16(14)22-18/h3-4,11-13,22-23H,5-10H2,1-2H3. The summed E-state index contributed by atoms with van der Waals surface area (Å²) in [6, 6.07) is 6.61. The molecule has 1 unspecified atom stereocenters. The average Bonchev–Trinajstić information content (AvgIpc) is 3.33. The van der Waals surface area contributed by atoms with Gasteiger partial charge in [0.2, 0.25) is 5.88 Å². The van der Waals surface area contributed by atoms with Crippen molar-refractivity contribution in [3.8, 4) is 0 Å². The number of urea groups is 1. The maximum atomic E-state index is 13.1. The summed E-state index contributed by atoms with van der Waals surface area (Å²) in [7, 11) is -1.73. The van der Waals surface area contributed by atoms with E-state index in [0.717, 1.165) is 11.1 Å². The third kappa shape index (κ3) is 3.54. The van der Waals surface area contributed by atoms with Gasteiger partial charge in [-0.3, -0.25) is 5.43 Å². The number of carbonyl (C=O) groups is 1. The first-order valence-electron chi connectivity index (χ1n) is 10.5. The van der Waals surface area contributed by atoms with Crippen LogP contribution in [0.3, 0.4) is 0 Å². The molecular formula is C20H25ClN6O4S. The molecule has 0 spiro atoms. The molecule has 4 heterocycles. The van der Waals surface area contributed by atoms with Crippen LogP contribution in [0.25, 0.3) is 10.9 Å². The Bertz CT molecular complexity index is 1200. The molecule has 0 radical (unpaired) electrons. The highest BCUT2D eigenvalue weighted by Crippen LogP contribution is 2.29. The molecule has 1 aromatic carbocycles. The highest BCUT2D eigenvalue weighted by Gasteiger charge is 2.37. The Morgan fingerprint density at radius 1 is 1.16 bits per heavy atom. The van der Waals surface area contributed by atoms with Gasteiger partial charge >= 0.3 is 6.03 Å². The van der Waals surface area contributed by atoms with Crippen LogP contribution in [0.5, 0.6) is 0 Å². The number of carbonyl (C=O) groups excluding carboxylic acids is 1. The lowest BCUT2D eigenvalue weighted by Gasteiger charge is -2.38. The number of amides is 2. The summed E-state index contributed by atoms with van der Waals surface area (Å²) < 4.78 is 33.4. The topological polar surface area (TPSA) is 101 Å². The Labute approximate surface area is 191 Å². The molecule has 0 bridgehead atoms. The number of piperazine rings is 1.